The minimum atomic E-state index is -0.901. The van der Waals surface area contributed by atoms with E-state index in [-0.39, 0.29) is 5.91 Å². The van der Waals surface area contributed by atoms with Gasteiger partial charge < -0.3 is 10.4 Å². The number of hydrogen-bond donors (Lipinski definition) is 2. The number of carbonyl (C=O) groups excluding carboxylic acids is 1. The smallest absolute Gasteiger partial charge is 0.233 e. The average molecular weight is 209 g/mol. The van der Waals surface area contributed by atoms with Crippen LogP contribution in [0, 0.1) is 11.2 Å². The molecule has 1 atom stereocenters. The van der Waals surface area contributed by atoms with E-state index in [2.05, 4.69) is 5.32 Å². The SMILES string of the molecule is CC1(C)C(=O)Nc2cc(F)ccc2C1O. The van der Waals surface area contributed by atoms with Gasteiger partial charge in [0.2, 0.25) is 5.91 Å². The van der Waals surface area contributed by atoms with Gasteiger partial charge in [0, 0.05) is 11.3 Å². The van der Waals surface area contributed by atoms with Gasteiger partial charge in [0.25, 0.3) is 0 Å². The maximum atomic E-state index is 12.9. The van der Waals surface area contributed by atoms with Gasteiger partial charge in [-0.2, -0.15) is 0 Å². The first kappa shape index (κ1) is 10.1. The second-order valence-corrected chi connectivity index (χ2v) is 4.31. The van der Waals surface area contributed by atoms with Crippen LogP contribution in [-0.4, -0.2) is 11.0 Å². The molecule has 0 radical (unpaired) electrons. The Labute approximate surface area is 86.9 Å². The van der Waals surface area contributed by atoms with Crippen LogP contribution >= 0.6 is 0 Å². The van der Waals surface area contributed by atoms with E-state index >= 15 is 0 Å². The number of halogens is 1. The van der Waals surface area contributed by atoms with Crippen molar-refractivity contribution in [2.75, 3.05) is 5.32 Å². The van der Waals surface area contributed by atoms with Crippen LogP contribution in [0.2, 0.25) is 0 Å². The zero-order valence-electron chi connectivity index (χ0n) is 8.54. The summed E-state index contributed by atoms with van der Waals surface area (Å²) in [6.45, 7) is 3.30. The zero-order valence-corrected chi connectivity index (χ0v) is 8.54. The van der Waals surface area contributed by atoms with Gasteiger partial charge >= 0.3 is 0 Å². The van der Waals surface area contributed by atoms with Crippen molar-refractivity contribution in [2.24, 2.45) is 5.41 Å². The molecule has 2 rings (SSSR count). The molecule has 2 N–H and O–H groups in total. The van der Waals surface area contributed by atoms with Gasteiger partial charge in [-0.25, -0.2) is 4.39 Å². The minimum Gasteiger partial charge on any atom is -0.387 e. The Bertz CT molecular complexity index is 429. The monoisotopic (exact) mass is 209 g/mol. The lowest BCUT2D eigenvalue weighted by Crippen LogP contribution is -2.40. The average Bonchev–Trinajstić information content (AvgIpc) is 2.15. The van der Waals surface area contributed by atoms with Gasteiger partial charge in [-0.1, -0.05) is 6.07 Å². The molecule has 15 heavy (non-hydrogen) atoms. The van der Waals surface area contributed by atoms with Gasteiger partial charge in [0.05, 0.1) is 11.5 Å². The van der Waals surface area contributed by atoms with Crippen LogP contribution in [-0.2, 0) is 4.79 Å². The molecule has 0 spiro atoms. The molecular formula is C11H12FNO2. The van der Waals surface area contributed by atoms with Crippen molar-refractivity contribution in [3.05, 3.63) is 29.6 Å². The molecule has 0 aromatic heterocycles. The third-order valence-corrected chi connectivity index (χ3v) is 2.83. The highest BCUT2D eigenvalue weighted by atomic mass is 19.1. The number of anilines is 1. The Balaban J connectivity index is 2.55. The number of rotatable bonds is 0. The lowest BCUT2D eigenvalue weighted by molar-refractivity contribution is -0.130. The molecule has 1 aromatic rings. The van der Waals surface area contributed by atoms with E-state index in [1.165, 1.54) is 18.2 Å². The molecule has 0 aliphatic carbocycles. The van der Waals surface area contributed by atoms with Crippen LogP contribution in [0.5, 0.6) is 0 Å². The zero-order chi connectivity index (χ0) is 11.2. The first-order valence-electron chi connectivity index (χ1n) is 4.72. The minimum absolute atomic E-state index is 0.298. The molecule has 1 aliphatic rings. The summed E-state index contributed by atoms with van der Waals surface area (Å²) < 4.78 is 12.9. The van der Waals surface area contributed by atoms with Crippen molar-refractivity contribution in [3.8, 4) is 0 Å². The Hall–Kier alpha value is -1.42. The van der Waals surface area contributed by atoms with Crippen LogP contribution in [0.3, 0.4) is 0 Å². The molecule has 0 fully saturated rings. The van der Waals surface area contributed by atoms with Crippen LogP contribution in [0.15, 0.2) is 18.2 Å². The summed E-state index contributed by atoms with van der Waals surface area (Å²) in [6, 6.07) is 3.98. The standard InChI is InChI=1S/C11H12FNO2/c1-11(2)9(14)7-4-3-6(12)5-8(7)13-10(11)15/h3-5,9,14H,1-2H3,(H,13,15). The molecule has 0 saturated carbocycles. The number of carbonyl (C=O) groups is 1. The largest absolute Gasteiger partial charge is 0.387 e. The van der Waals surface area contributed by atoms with E-state index in [0.717, 1.165) is 0 Å². The van der Waals surface area contributed by atoms with Crippen LogP contribution in [0.1, 0.15) is 25.5 Å². The van der Waals surface area contributed by atoms with Crippen LogP contribution in [0.25, 0.3) is 0 Å². The number of fused-ring (bicyclic) bond motifs is 1. The Morgan fingerprint density at radius 2 is 2.13 bits per heavy atom. The second-order valence-electron chi connectivity index (χ2n) is 4.31. The maximum absolute atomic E-state index is 12.9. The number of nitrogens with one attached hydrogen (secondary N) is 1. The summed E-state index contributed by atoms with van der Waals surface area (Å²) in [5, 5.41) is 12.5. The van der Waals surface area contributed by atoms with Crippen molar-refractivity contribution in [1.82, 2.24) is 0 Å². The molecule has 1 aromatic carbocycles. The summed E-state index contributed by atoms with van der Waals surface area (Å²) in [5.74, 6) is -0.728. The first-order chi connectivity index (χ1) is 6.93. The quantitative estimate of drug-likeness (QED) is 0.685. The maximum Gasteiger partial charge on any atom is 0.233 e. The Morgan fingerprint density at radius 3 is 2.80 bits per heavy atom. The molecule has 1 unspecified atom stereocenters. The van der Waals surface area contributed by atoms with Crippen molar-refractivity contribution in [2.45, 2.75) is 20.0 Å². The molecule has 1 aliphatic heterocycles. The van der Waals surface area contributed by atoms with Gasteiger partial charge in [0.15, 0.2) is 0 Å². The van der Waals surface area contributed by atoms with Crippen LogP contribution in [0.4, 0.5) is 10.1 Å². The van der Waals surface area contributed by atoms with Crippen molar-refractivity contribution < 1.29 is 14.3 Å². The van der Waals surface area contributed by atoms with E-state index in [1.807, 2.05) is 0 Å². The summed E-state index contributed by atoms with van der Waals surface area (Å²) >= 11 is 0. The van der Waals surface area contributed by atoms with E-state index in [9.17, 15) is 14.3 Å². The molecule has 4 heteroatoms. The van der Waals surface area contributed by atoms with E-state index in [1.54, 1.807) is 13.8 Å². The number of aliphatic hydroxyl groups is 1. The van der Waals surface area contributed by atoms with E-state index in [4.69, 9.17) is 0 Å². The predicted octanol–water partition coefficient (Wildman–Crippen LogP) is 1.84. The van der Waals surface area contributed by atoms with Gasteiger partial charge in [-0.05, 0) is 26.0 Å². The molecular weight excluding hydrogens is 197 g/mol. The molecule has 1 amide bonds. The lowest BCUT2D eigenvalue weighted by Gasteiger charge is -2.35. The van der Waals surface area contributed by atoms with Crippen molar-refractivity contribution in [1.29, 1.82) is 0 Å². The highest BCUT2D eigenvalue weighted by Crippen LogP contribution is 2.41. The fraction of sp³-hybridized carbons (Fsp3) is 0.364. The summed E-state index contributed by atoms with van der Waals surface area (Å²) in [6.07, 6.45) is -0.901. The molecule has 3 nitrogen and oxygen atoms in total. The third kappa shape index (κ3) is 1.41. The highest BCUT2D eigenvalue weighted by molar-refractivity contribution is 5.98. The molecule has 0 saturated heterocycles. The number of hydrogen-bond acceptors (Lipinski definition) is 2. The fourth-order valence-corrected chi connectivity index (χ4v) is 1.67. The van der Waals surface area contributed by atoms with Crippen molar-refractivity contribution >= 4 is 11.6 Å². The Kier molecular flexibility index (Phi) is 2.04. The van der Waals surface area contributed by atoms with E-state index in [0.29, 0.717) is 11.3 Å². The van der Waals surface area contributed by atoms with Gasteiger partial charge in [-0.3, -0.25) is 4.79 Å². The first-order valence-corrected chi connectivity index (χ1v) is 4.72. The Morgan fingerprint density at radius 1 is 1.47 bits per heavy atom. The summed E-state index contributed by atoms with van der Waals surface area (Å²) in [7, 11) is 0. The number of amides is 1. The fourth-order valence-electron chi connectivity index (χ4n) is 1.67. The molecule has 80 valence electrons. The van der Waals surface area contributed by atoms with Crippen LogP contribution < -0.4 is 5.32 Å². The lowest BCUT2D eigenvalue weighted by atomic mass is 9.78. The number of aliphatic hydroxyl groups excluding tert-OH is 1. The summed E-state index contributed by atoms with van der Waals surface area (Å²) in [5.41, 5.74) is 0.0259. The highest BCUT2D eigenvalue weighted by Gasteiger charge is 2.41. The summed E-state index contributed by atoms with van der Waals surface area (Å²) in [4.78, 5) is 11.6. The van der Waals surface area contributed by atoms with Crippen molar-refractivity contribution in [3.63, 3.8) is 0 Å². The topological polar surface area (TPSA) is 49.3 Å². The molecule has 1 heterocycles. The second kappa shape index (κ2) is 3.03. The van der Waals surface area contributed by atoms with Gasteiger partial charge in [0.1, 0.15) is 5.82 Å². The molecule has 0 bridgehead atoms. The van der Waals surface area contributed by atoms with Gasteiger partial charge in [-0.15, -0.1) is 0 Å². The van der Waals surface area contributed by atoms with E-state index < -0.39 is 17.3 Å². The normalized spacial score (nSPS) is 23.2. The predicted molar refractivity (Wildman–Crippen MR) is 53.8 cm³/mol. The third-order valence-electron chi connectivity index (χ3n) is 2.83. The number of benzene rings is 1.